The van der Waals surface area contributed by atoms with Crippen molar-refractivity contribution in [3.8, 4) is 0 Å². The Morgan fingerprint density at radius 3 is 2.58 bits per heavy atom. The van der Waals surface area contributed by atoms with Gasteiger partial charge in [0.2, 0.25) is 0 Å². The van der Waals surface area contributed by atoms with Crippen LogP contribution in [0.25, 0.3) is 0 Å². The quantitative estimate of drug-likeness (QED) is 0.343. The highest BCUT2D eigenvalue weighted by Gasteiger charge is 1.88. The Kier molecular flexibility index (Phi) is 7.33. The summed E-state index contributed by atoms with van der Waals surface area (Å²) >= 11 is 0. The van der Waals surface area contributed by atoms with E-state index in [4.69, 9.17) is 0 Å². The van der Waals surface area contributed by atoms with E-state index < -0.39 is 0 Å². The monoisotopic (exact) mass is 168 g/mol. The van der Waals surface area contributed by atoms with E-state index in [-0.39, 0.29) is 0 Å². The molecular weight excluding hydrogens is 152 g/mol. The van der Waals surface area contributed by atoms with Gasteiger partial charge < -0.3 is 0 Å². The van der Waals surface area contributed by atoms with E-state index in [2.05, 4.69) is 34.1 Å². The summed E-state index contributed by atoms with van der Waals surface area (Å²) in [6, 6.07) is 0. The molecule has 0 aromatic heterocycles. The molecular formula is C8H16N4. The smallest absolute Gasteiger partial charge is 0.139 e. The highest BCUT2D eigenvalue weighted by atomic mass is 15.1. The third kappa shape index (κ3) is 8.94. The average molecular weight is 168 g/mol. The molecule has 0 amide bonds. The Morgan fingerprint density at radius 1 is 1.25 bits per heavy atom. The summed E-state index contributed by atoms with van der Waals surface area (Å²) in [6.45, 7) is 5.17. The number of aliphatic imine (C=N–C) groups is 2. The number of rotatable bonds is 5. The summed E-state index contributed by atoms with van der Waals surface area (Å²) in [6.07, 6.45) is 3.98. The summed E-state index contributed by atoms with van der Waals surface area (Å²) in [7, 11) is 1.60. The first-order chi connectivity index (χ1) is 5.77. The molecule has 4 nitrogen and oxygen atoms in total. The van der Waals surface area contributed by atoms with Crippen molar-refractivity contribution in [3.63, 3.8) is 0 Å². The van der Waals surface area contributed by atoms with E-state index in [9.17, 15) is 0 Å². The second kappa shape index (κ2) is 8.04. The van der Waals surface area contributed by atoms with Crippen LogP contribution in [-0.4, -0.2) is 26.3 Å². The highest BCUT2D eigenvalue weighted by molar-refractivity contribution is 5.70. The van der Waals surface area contributed by atoms with Crippen molar-refractivity contribution in [1.82, 2.24) is 0 Å². The van der Waals surface area contributed by atoms with E-state index >= 15 is 0 Å². The van der Waals surface area contributed by atoms with Crippen molar-refractivity contribution in [1.29, 1.82) is 0 Å². The van der Waals surface area contributed by atoms with Gasteiger partial charge in [-0.15, -0.1) is 5.11 Å². The molecule has 0 fully saturated rings. The van der Waals surface area contributed by atoms with Gasteiger partial charge in [0.1, 0.15) is 12.7 Å². The van der Waals surface area contributed by atoms with Gasteiger partial charge in [-0.2, -0.15) is 5.11 Å². The van der Waals surface area contributed by atoms with E-state index in [0.717, 1.165) is 13.0 Å². The SMILES string of the molecule is CN=NC=NC=NCCC(C)C. The summed E-state index contributed by atoms with van der Waals surface area (Å²) in [5.41, 5.74) is 0. The van der Waals surface area contributed by atoms with E-state index in [1.165, 1.54) is 12.7 Å². The molecule has 68 valence electrons. The van der Waals surface area contributed by atoms with Crippen molar-refractivity contribution >= 4 is 12.7 Å². The Bertz CT molecular complexity index is 170. The van der Waals surface area contributed by atoms with Crippen LogP contribution in [-0.2, 0) is 0 Å². The second-order valence-corrected chi connectivity index (χ2v) is 2.78. The van der Waals surface area contributed by atoms with Crippen molar-refractivity contribution < 1.29 is 0 Å². The Balaban J connectivity index is 3.37. The molecule has 0 unspecified atom stereocenters. The number of hydrogen-bond donors (Lipinski definition) is 0. The summed E-state index contributed by atoms with van der Waals surface area (Å²) in [4.78, 5) is 7.84. The molecule has 4 heteroatoms. The van der Waals surface area contributed by atoms with Gasteiger partial charge in [0.25, 0.3) is 0 Å². The van der Waals surface area contributed by atoms with Crippen LogP contribution in [0.2, 0.25) is 0 Å². The van der Waals surface area contributed by atoms with Crippen LogP contribution in [0, 0.1) is 5.92 Å². The lowest BCUT2D eigenvalue weighted by Crippen LogP contribution is -1.89. The molecule has 0 aliphatic rings. The van der Waals surface area contributed by atoms with Gasteiger partial charge in [0, 0.05) is 13.6 Å². The van der Waals surface area contributed by atoms with Crippen LogP contribution in [0.15, 0.2) is 20.2 Å². The maximum absolute atomic E-state index is 4.06. The molecule has 0 heterocycles. The highest BCUT2D eigenvalue weighted by Crippen LogP contribution is 1.97. The Morgan fingerprint density at radius 2 is 2.00 bits per heavy atom. The van der Waals surface area contributed by atoms with Gasteiger partial charge in [-0.05, 0) is 12.3 Å². The predicted molar refractivity (Wildman–Crippen MR) is 52.1 cm³/mol. The van der Waals surface area contributed by atoms with Crippen LogP contribution in [0.3, 0.4) is 0 Å². The van der Waals surface area contributed by atoms with Gasteiger partial charge in [0.05, 0.1) is 0 Å². The van der Waals surface area contributed by atoms with Crippen molar-refractivity contribution in [3.05, 3.63) is 0 Å². The summed E-state index contributed by atoms with van der Waals surface area (Å²) < 4.78 is 0. The zero-order valence-electron chi connectivity index (χ0n) is 7.94. The minimum atomic E-state index is 0.696. The number of azo groups is 1. The topological polar surface area (TPSA) is 49.4 Å². The Labute approximate surface area is 73.5 Å². The van der Waals surface area contributed by atoms with Gasteiger partial charge >= 0.3 is 0 Å². The molecule has 0 spiro atoms. The fraction of sp³-hybridized carbons (Fsp3) is 0.750. The maximum atomic E-state index is 4.06. The van der Waals surface area contributed by atoms with Gasteiger partial charge in [-0.3, -0.25) is 4.99 Å². The van der Waals surface area contributed by atoms with Crippen molar-refractivity contribution in [2.45, 2.75) is 20.3 Å². The molecule has 0 aliphatic carbocycles. The zero-order valence-corrected chi connectivity index (χ0v) is 7.94. The number of hydrogen-bond acceptors (Lipinski definition) is 2. The third-order valence-corrected chi connectivity index (χ3v) is 1.22. The van der Waals surface area contributed by atoms with Gasteiger partial charge in [-0.1, -0.05) is 13.8 Å². The molecule has 0 rings (SSSR count). The standard InChI is InChI=1S/C8H16N4/c1-8(2)4-5-10-6-11-7-12-9-3/h6-8H,4-5H2,1-3H3. The van der Waals surface area contributed by atoms with Gasteiger partial charge in [0.15, 0.2) is 0 Å². The number of nitrogens with zero attached hydrogens (tertiary/aromatic N) is 4. The first kappa shape index (κ1) is 10.9. The minimum absolute atomic E-state index is 0.696. The lowest BCUT2D eigenvalue weighted by Gasteiger charge is -1.97. The predicted octanol–water partition coefficient (Wildman–Crippen LogP) is 2.17. The molecule has 12 heavy (non-hydrogen) atoms. The van der Waals surface area contributed by atoms with Crippen LogP contribution >= 0.6 is 0 Å². The molecule has 0 aromatic carbocycles. The summed E-state index contributed by atoms with van der Waals surface area (Å²) in [5.74, 6) is 0.696. The van der Waals surface area contributed by atoms with Gasteiger partial charge in [-0.25, -0.2) is 4.99 Å². The van der Waals surface area contributed by atoms with Crippen LogP contribution < -0.4 is 0 Å². The minimum Gasteiger partial charge on any atom is -0.273 e. The van der Waals surface area contributed by atoms with E-state index in [1.54, 1.807) is 7.05 Å². The molecule has 0 N–H and O–H groups in total. The zero-order chi connectivity index (χ0) is 9.23. The molecule has 0 atom stereocenters. The largest absolute Gasteiger partial charge is 0.273 e. The van der Waals surface area contributed by atoms with Crippen molar-refractivity contribution in [2.24, 2.45) is 26.1 Å². The maximum Gasteiger partial charge on any atom is 0.139 e. The second-order valence-electron chi connectivity index (χ2n) is 2.78. The molecule has 0 saturated carbocycles. The lowest BCUT2D eigenvalue weighted by atomic mass is 10.1. The first-order valence-electron chi connectivity index (χ1n) is 4.06. The normalized spacial score (nSPS) is 13.0. The van der Waals surface area contributed by atoms with E-state index in [1.807, 2.05) is 0 Å². The van der Waals surface area contributed by atoms with E-state index in [0.29, 0.717) is 5.92 Å². The molecule has 0 aromatic rings. The first-order valence-corrected chi connectivity index (χ1v) is 4.06. The third-order valence-electron chi connectivity index (χ3n) is 1.22. The lowest BCUT2D eigenvalue weighted by molar-refractivity contribution is 0.597. The van der Waals surface area contributed by atoms with Crippen LogP contribution in [0.1, 0.15) is 20.3 Å². The molecule has 0 aliphatic heterocycles. The van der Waals surface area contributed by atoms with Crippen LogP contribution in [0.5, 0.6) is 0 Å². The molecule has 0 saturated heterocycles. The van der Waals surface area contributed by atoms with Crippen molar-refractivity contribution in [2.75, 3.05) is 13.6 Å². The average Bonchev–Trinajstić information content (AvgIpc) is 2.02. The fourth-order valence-electron chi connectivity index (χ4n) is 0.549. The molecule has 0 bridgehead atoms. The summed E-state index contributed by atoms with van der Waals surface area (Å²) in [5, 5.41) is 7.04. The Hall–Kier alpha value is -1.06. The molecule has 0 radical (unpaired) electrons. The van der Waals surface area contributed by atoms with Crippen LogP contribution in [0.4, 0.5) is 0 Å². The fourth-order valence-corrected chi connectivity index (χ4v) is 0.549.